The number of hydrogen-bond donors (Lipinski definition) is 2. The molecule has 0 spiro atoms. The molecule has 0 aliphatic rings. The van der Waals surface area contributed by atoms with E-state index in [1.54, 1.807) is 6.92 Å². The van der Waals surface area contributed by atoms with Crippen LogP contribution >= 0.6 is 0 Å². The number of rotatable bonds is 6. The van der Waals surface area contributed by atoms with E-state index in [1.165, 1.54) is 6.92 Å². The molecule has 0 bridgehead atoms. The van der Waals surface area contributed by atoms with Gasteiger partial charge in [-0.1, -0.05) is 13.0 Å². The summed E-state index contributed by atoms with van der Waals surface area (Å²) >= 11 is 0. The van der Waals surface area contributed by atoms with E-state index in [0.29, 0.717) is 12.5 Å². The van der Waals surface area contributed by atoms with Crippen molar-refractivity contribution in [3.8, 4) is 0 Å². The van der Waals surface area contributed by atoms with Crippen LogP contribution in [0.15, 0.2) is 23.1 Å². The first-order valence-corrected chi connectivity index (χ1v) is 7.84. The van der Waals surface area contributed by atoms with Crippen LogP contribution in [-0.2, 0) is 16.2 Å². The van der Waals surface area contributed by atoms with E-state index in [2.05, 4.69) is 4.72 Å². The second kappa shape index (κ2) is 6.76. The molecule has 1 unspecified atom stereocenters. The van der Waals surface area contributed by atoms with Gasteiger partial charge in [-0.2, -0.15) is 13.2 Å². The van der Waals surface area contributed by atoms with Crippen molar-refractivity contribution in [1.82, 2.24) is 4.72 Å². The number of benzene rings is 1. The third-order valence-electron chi connectivity index (χ3n) is 3.05. The van der Waals surface area contributed by atoms with Gasteiger partial charge in [-0.05, 0) is 37.0 Å². The smallest absolute Gasteiger partial charge is 0.396 e. The molecule has 0 radical (unpaired) electrons. The van der Waals surface area contributed by atoms with Gasteiger partial charge in [-0.3, -0.25) is 0 Å². The molecule has 0 heterocycles. The fourth-order valence-electron chi connectivity index (χ4n) is 1.72. The number of alkyl halides is 3. The predicted octanol–water partition coefficient (Wildman–Crippen LogP) is 2.31. The van der Waals surface area contributed by atoms with Gasteiger partial charge in [0.1, 0.15) is 0 Å². The van der Waals surface area contributed by atoms with E-state index in [9.17, 15) is 21.6 Å². The first-order chi connectivity index (χ1) is 9.58. The zero-order chi connectivity index (χ0) is 16.3. The molecule has 1 atom stereocenters. The molecule has 1 rings (SSSR count). The lowest BCUT2D eigenvalue weighted by Gasteiger charge is -2.15. The molecular formula is C13H18F3NO3S. The minimum Gasteiger partial charge on any atom is -0.396 e. The number of aliphatic hydroxyl groups is 1. The third-order valence-corrected chi connectivity index (χ3v) is 4.61. The number of aryl methyl sites for hydroxylation is 1. The predicted molar refractivity (Wildman–Crippen MR) is 72.2 cm³/mol. The molecule has 0 saturated carbocycles. The van der Waals surface area contributed by atoms with Crippen LogP contribution in [0.5, 0.6) is 0 Å². The van der Waals surface area contributed by atoms with Crippen molar-refractivity contribution >= 4 is 10.0 Å². The average molecular weight is 325 g/mol. The van der Waals surface area contributed by atoms with Gasteiger partial charge in [0.25, 0.3) is 0 Å². The Morgan fingerprint density at radius 2 is 1.95 bits per heavy atom. The lowest BCUT2D eigenvalue weighted by atomic mass is 10.1. The maximum Gasteiger partial charge on any atom is 0.416 e. The first kappa shape index (κ1) is 17.9. The molecule has 0 aliphatic carbocycles. The second-order valence-corrected chi connectivity index (χ2v) is 6.68. The van der Waals surface area contributed by atoms with Gasteiger partial charge in [0.15, 0.2) is 0 Å². The van der Waals surface area contributed by atoms with Crippen LogP contribution in [0.2, 0.25) is 0 Å². The van der Waals surface area contributed by atoms with Crippen molar-refractivity contribution in [2.24, 2.45) is 5.92 Å². The number of aliphatic hydroxyl groups excluding tert-OH is 1. The Hall–Kier alpha value is -1.12. The topological polar surface area (TPSA) is 66.4 Å². The molecule has 21 heavy (non-hydrogen) atoms. The summed E-state index contributed by atoms with van der Waals surface area (Å²) in [6, 6.07) is 2.62. The van der Waals surface area contributed by atoms with Crippen LogP contribution in [0.25, 0.3) is 0 Å². The molecular weight excluding hydrogens is 307 g/mol. The lowest BCUT2D eigenvalue weighted by Crippen LogP contribution is -2.29. The van der Waals surface area contributed by atoms with Gasteiger partial charge in [-0.25, -0.2) is 13.1 Å². The fourth-order valence-corrected chi connectivity index (χ4v) is 3.15. The average Bonchev–Trinajstić information content (AvgIpc) is 2.36. The molecule has 0 aliphatic heterocycles. The van der Waals surface area contributed by atoms with Gasteiger partial charge in [0.05, 0.1) is 10.5 Å². The molecule has 1 aromatic rings. The highest BCUT2D eigenvalue weighted by atomic mass is 32.2. The Balaban J connectivity index is 3.02. The Bertz CT molecular complexity index is 585. The van der Waals surface area contributed by atoms with Crippen LogP contribution < -0.4 is 4.72 Å². The number of sulfonamides is 1. The Labute approximate surface area is 122 Å². The maximum atomic E-state index is 12.7. The van der Waals surface area contributed by atoms with E-state index in [4.69, 9.17) is 5.11 Å². The fraction of sp³-hybridized carbons (Fsp3) is 0.538. The van der Waals surface area contributed by atoms with Gasteiger partial charge in [-0.15, -0.1) is 0 Å². The monoisotopic (exact) mass is 325 g/mol. The van der Waals surface area contributed by atoms with Crippen LogP contribution in [-0.4, -0.2) is 26.7 Å². The summed E-state index contributed by atoms with van der Waals surface area (Å²) in [6.07, 6.45) is -4.19. The summed E-state index contributed by atoms with van der Waals surface area (Å²) in [6.45, 7) is 3.15. The SMILES string of the molecule is Cc1ccc(C(F)(F)F)cc1S(=O)(=O)NCC(C)CCO. The first-order valence-electron chi connectivity index (χ1n) is 6.36. The summed E-state index contributed by atoms with van der Waals surface area (Å²) in [5.74, 6) is -0.115. The number of nitrogens with one attached hydrogen (secondary N) is 1. The van der Waals surface area contributed by atoms with Crippen LogP contribution in [0.4, 0.5) is 13.2 Å². The summed E-state index contributed by atoms with van der Waals surface area (Å²) in [5, 5.41) is 8.75. The Morgan fingerprint density at radius 1 is 1.33 bits per heavy atom. The summed E-state index contributed by atoms with van der Waals surface area (Å²) in [5.41, 5.74) is -0.762. The number of hydrogen-bond acceptors (Lipinski definition) is 3. The van der Waals surface area contributed by atoms with Crippen molar-refractivity contribution in [3.05, 3.63) is 29.3 Å². The van der Waals surface area contributed by atoms with E-state index in [0.717, 1.165) is 12.1 Å². The van der Waals surface area contributed by atoms with Crippen LogP contribution in [0.1, 0.15) is 24.5 Å². The van der Waals surface area contributed by atoms with Crippen LogP contribution in [0, 0.1) is 12.8 Å². The molecule has 1 aromatic carbocycles. The summed E-state index contributed by atoms with van der Waals surface area (Å²) < 4.78 is 64.5. The quantitative estimate of drug-likeness (QED) is 0.843. The van der Waals surface area contributed by atoms with Gasteiger partial charge in [0.2, 0.25) is 10.0 Å². The maximum absolute atomic E-state index is 12.7. The zero-order valence-corrected chi connectivity index (χ0v) is 12.6. The van der Waals surface area contributed by atoms with E-state index in [1.807, 2.05) is 0 Å². The van der Waals surface area contributed by atoms with Crippen molar-refractivity contribution < 1.29 is 26.7 Å². The molecule has 120 valence electrons. The van der Waals surface area contributed by atoms with Crippen LogP contribution in [0.3, 0.4) is 0 Å². The molecule has 2 N–H and O–H groups in total. The van der Waals surface area contributed by atoms with E-state index < -0.39 is 21.8 Å². The van der Waals surface area contributed by atoms with Gasteiger partial charge < -0.3 is 5.11 Å². The molecule has 8 heteroatoms. The highest BCUT2D eigenvalue weighted by Crippen LogP contribution is 2.31. The number of halogens is 3. The largest absolute Gasteiger partial charge is 0.416 e. The van der Waals surface area contributed by atoms with Crippen molar-refractivity contribution in [2.75, 3.05) is 13.2 Å². The standard InChI is InChI=1S/C13H18F3NO3S/c1-9(5-6-18)8-17-21(19,20)12-7-11(13(14,15)16)4-3-10(12)2/h3-4,7,9,17-18H,5-6,8H2,1-2H3. The molecule has 0 aromatic heterocycles. The lowest BCUT2D eigenvalue weighted by molar-refractivity contribution is -0.137. The summed E-state index contributed by atoms with van der Waals surface area (Å²) in [4.78, 5) is -0.381. The van der Waals surface area contributed by atoms with Crippen molar-refractivity contribution in [3.63, 3.8) is 0 Å². The van der Waals surface area contributed by atoms with Crippen molar-refractivity contribution in [2.45, 2.75) is 31.3 Å². The molecule has 0 fully saturated rings. The Morgan fingerprint density at radius 3 is 2.48 bits per heavy atom. The molecule has 0 saturated heterocycles. The van der Waals surface area contributed by atoms with Gasteiger partial charge >= 0.3 is 6.18 Å². The summed E-state index contributed by atoms with van der Waals surface area (Å²) in [7, 11) is -4.02. The zero-order valence-electron chi connectivity index (χ0n) is 11.7. The third kappa shape index (κ3) is 4.98. The highest BCUT2D eigenvalue weighted by Gasteiger charge is 2.32. The molecule has 0 amide bonds. The normalized spacial score (nSPS) is 14.2. The van der Waals surface area contributed by atoms with E-state index >= 15 is 0 Å². The Kier molecular flexibility index (Phi) is 5.77. The highest BCUT2D eigenvalue weighted by molar-refractivity contribution is 7.89. The molecule has 4 nitrogen and oxygen atoms in total. The van der Waals surface area contributed by atoms with Crippen molar-refractivity contribution in [1.29, 1.82) is 0 Å². The minimum atomic E-state index is -4.60. The second-order valence-electron chi connectivity index (χ2n) is 4.95. The van der Waals surface area contributed by atoms with E-state index in [-0.39, 0.29) is 29.5 Å². The van der Waals surface area contributed by atoms with Gasteiger partial charge in [0, 0.05) is 13.2 Å². The minimum absolute atomic E-state index is 0.0541.